The Morgan fingerprint density at radius 2 is 1.96 bits per heavy atom. The van der Waals surface area contributed by atoms with Crippen molar-refractivity contribution in [3.8, 4) is 10.9 Å². The van der Waals surface area contributed by atoms with Crippen LogP contribution in [0.25, 0.3) is 10.2 Å². The van der Waals surface area contributed by atoms with Crippen LogP contribution in [0.4, 0.5) is 4.79 Å². The van der Waals surface area contributed by atoms with E-state index in [0.29, 0.717) is 17.8 Å². The van der Waals surface area contributed by atoms with Gasteiger partial charge in [-0.25, -0.2) is 9.78 Å². The molecule has 0 radical (unpaired) electrons. The first kappa shape index (κ1) is 16.5. The van der Waals surface area contributed by atoms with E-state index in [1.165, 1.54) is 16.9 Å². The summed E-state index contributed by atoms with van der Waals surface area (Å²) in [5.41, 5.74) is 2.16. The lowest BCUT2D eigenvalue weighted by atomic mass is 10.2. The summed E-state index contributed by atoms with van der Waals surface area (Å²) < 4.78 is 7.01. The lowest BCUT2D eigenvalue weighted by Crippen LogP contribution is -2.47. The highest BCUT2D eigenvalue weighted by molar-refractivity contribution is 7.20. The van der Waals surface area contributed by atoms with Crippen molar-refractivity contribution in [2.75, 3.05) is 13.1 Å². The third-order valence-electron chi connectivity index (χ3n) is 5.39. The molecule has 3 aromatic rings. The molecule has 27 heavy (non-hydrogen) atoms. The number of piperazine rings is 1. The molecule has 2 saturated heterocycles. The predicted molar refractivity (Wildman–Crippen MR) is 103 cm³/mol. The Kier molecular flexibility index (Phi) is 3.98. The lowest BCUT2D eigenvalue weighted by molar-refractivity contribution is 0.100. The van der Waals surface area contributed by atoms with Crippen molar-refractivity contribution < 1.29 is 14.6 Å². The largest absolute Gasteiger partial charge is 0.465 e. The van der Waals surface area contributed by atoms with Crippen LogP contribution in [0.5, 0.6) is 10.9 Å². The fourth-order valence-corrected chi connectivity index (χ4v) is 4.91. The van der Waals surface area contributed by atoms with E-state index >= 15 is 0 Å². The number of likely N-dealkylation sites (tertiary alicyclic amines) is 2. The molecule has 2 atom stereocenters. The topological polar surface area (TPSA) is 65.9 Å². The molecule has 1 aromatic heterocycles. The maximum absolute atomic E-state index is 11.2. The highest BCUT2D eigenvalue weighted by Gasteiger charge is 2.45. The van der Waals surface area contributed by atoms with Crippen LogP contribution < -0.4 is 4.74 Å². The van der Waals surface area contributed by atoms with E-state index in [-0.39, 0.29) is 6.04 Å². The van der Waals surface area contributed by atoms with Gasteiger partial charge in [-0.1, -0.05) is 35.6 Å². The molecule has 3 heterocycles. The fraction of sp³-hybridized carbons (Fsp3) is 0.300. The minimum Gasteiger partial charge on any atom is -0.465 e. The Labute approximate surface area is 160 Å². The van der Waals surface area contributed by atoms with E-state index in [1.54, 1.807) is 4.90 Å². The molecule has 1 N–H and O–H groups in total. The monoisotopic (exact) mass is 381 g/mol. The maximum Gasteiger partial charge on any atom is 0.407 e. The number of carbonyl (C=O) groups is 1. The van der Waals surface area contributed by atoms with Crippen LogP contribution in [-0.2, 0) is 6.54 Å². The zero-order chi connectivity index (χ0) is 18.4. The third kappa shape index (κ3) is 3.13. The van der Waals surface area contributed by atoms with Gasteiger partial charge in [0.25, 0.3) is 5.19 Å². The minimum atomic E-state index is -0.793. The number of ether oxygens (including phenoxy) is 1. The SMILES string of the molecule is O=C(O)N1C[C@@H]2C[C@H]1CN2Cc1ccc(Oc2nc3ccccc3s2)cc1. The Bertz CT molecular complexity index is 955. The summed E-state index contributed by atoms with van der Waals surface area (Å²) in [7, 11) is 0. The number of hydrogen-bond donors (Lipinski definition) is 1. The van der Waals surface area contributed by atoms with Crippen LogP contribution in [-0.4, -0.2) is 51.2 Å². The molecule has 2 bridgehead atoms. The number of fused-ring (bicyclic) bond motifs is 3. The van der Waals surface area contributed by atoms with Crippen LogP contribution in [0, 0.1) is 0 Å². The Morgan fingerprint density at radius 3 is 2.67 bits per heavy atom. The number of amides is 1. The quantitative estimate of drug-likeness (QED) is 0.739. The van der Waals surface area contributed by atoms with Gasteiger partial charge in [-0.2, -0.15) is 0 Å². The van der Waals surface area contributed by atoms with E-state index in [1.807, 2.05) is 36.4 Å². The van der Waals surface area contributed by atoms with Crippen molar-refractivity contribution in [1.29, 1.82) is 0 Å². The van der Waals surface area contributed by atoms with Crippen LogP contribution in [0.2, 0.25) is 0 Å². The molecule has 2 aromatic carbocycles. The lowest BCUT2D eigenvalue weighted by Gasteiger charge is -2.32. The van der Waals surface area contributed by atoms with Gasteiger partial charge in [-0.3, -0.25) is 4.90 Å². The average molecular weight is 381 g/mol. The number of thiazole rings is 1. The van der Waals surface area contributed by atoms with E-state index in [4.69, 9.17) is 4.74 Å². The molecule has 6 nitrogen and oxygen atoms in total. The third-order valence-corrected chi connectivity index (χ3v) is 6.30. The second-order valence-electron chi connectivity index (χ2n) is 7.10. The van der Waals surface area contributed by atoms with Gasteiger partial charge in [0, 0.05) is 31.7 Å². The van der Waals surface area contributed by atoms with Crippen LogP contribution in [0.1, 0.15) is 12.0 Å². The number of nitrogens with zero attached hydrogens (tertiary/aromatic N) is 3. The molecule has 0 saturated carbocycles. The van der Waals surface area contributed by atoms with E-state index < -0.39 is 6.09 Å². The van der Waals surface area contributed by atoms with E-state index in [2.05, 4.69) is 22.0 Å². The summed E-state index contributed by atoms with van der Waals surface area (Å²) in [6.07, 6.45) is 0.156. The molecule has 1 amide bonds. The van der Waals surface area contributed by atoms with Gasteiger partial charge in [-0.15, -0.1) is 0 Å². The molecule has 2 aliphatic rings. The van der Waals surface area contributed by atoms with Gasteiger partial charge in [0.15, 0.2) is 0 Å². The van der Waals surface area contributed by atoms with Gasteiger partial charge in [0.1, 0.15) is 5.75 Å². The summed E-state index contributed by atoms with van der Waals surface area (Å²) in [5.74, 6) is 0.776. The van der Waals surface area contributed by atoms with Crippen molar-refractivity contribution in [2.45, 2.75) is 25.0 Å². The number of rotatable bonds is 4. The smallest absolute Gasteiger partial charge is 0.407 e. The number of para-hydroxylation sites is 1. The summed E-state index contributed by atoms with van der Waals surface area (Å²) in [6.45, 7) is 2.29. The molecule has 2 fully saturated rings. The maximum atomic E-state index is 11.2. The van der Waals surface area contributed by atoms with Crippen LogP contribution in [0.15, 0.2) is 48.5 Å². The van der Waals surface area contributed by atoms with Crippen molar-refractivity contribution in [1.82, 2.24) is 14.8 Å². The molecular formula is C20H19N3O3S. The van der Waals surface area contributed by atoms with Crippen molar-refractivity contribution in [2.24, 2.45) is 0 Å². The molecule has 5 rings (SSSR count). The van der Waals surface area contributed by atoms with Gasteiger partial charge >= 0.3 is 6.09 Å². The van der Waals surface area contributed by atoms with Crippen LogP contribution >= 0.6 is 11.3 Å². The normalized spacial score (nSPS) is 21.9. The highest BCUT2D eigenvalue weighted by atomic mass is 32.1. The van der Waals surface area contributed by atoms with Gasteiger partial charge in [0.05, 0.1) is 10.2 Å². The average Bonchev–Trinajstić information content (AvgIpc) is 3.36. The Morgan fingerprint density at radius 1 is 1.15 bits per heavy atom. The first-order valence-corrected chi connectivity index (χ1v) is 9.83. The van der Waals surface area contributed by atoms with Gasteiger partial charge in [0.2, 0.25) is 0 Å². The fourth-order valence-electron chi connectivity index (χ4n) is 4.07. The Balaban J connectivity index is 1.23. The zero-order valence-electron chi connectivity index (χ0n) is 14.6. The molecule has 0 spiro atoms. The van der Waals surface area contributed by atoms with E-state index in [9.17, 15) is 9.90 Å². The summed E-state index contributed by atoms with van der Waals surface area (Å²) in [6, 6.07) is 16.6. The molecule has 2 aliphatic heterocycles. The number of carboxylic acid groups (broad SMARTS) is 1. The second kappa shape index (κ2) is 6.51. The molecule has 0 aliphatic carbocycles. The molecule has 7 heteroatoms. The predicted octanol–water partition coefficient (Wildman–Crippen LogP) is 4.03. The molecule has 138 valence electrons. The minimum absolute atomic E-state index is 0.147. The molecular weight excluding hydrogens is 362 g/mol. The van der Waals surface area contributed by atoms with Crippen LogP contribution in [0.3, 0.4) is 0 Å². The first-order valence-electron chi connectivity index (χ1n) is 9.02. The van der Waals surface area contributed by atoms with Gasteiger partial charge in [-0.05, 0) is 36.2 Å². The summed E-state index contributed by atoms with van der Waals surface area (Å²) in [5, 5.41) is 9.85. The van der Waals surface area contributed by atoms with Gasteiger partial charge < -0.3 is 14.7 Å². The van der Waals surface area contributed by atoms with Crippen molar-refractivity contribution >= 4 is 27.6 Å². The zero-order valence-corrected chi connectivity index (χ0v) is 15.4. The Hall–Kier alpha value is -2.64. The first-order chi connectivity index (χ1) is 13.2. The van der Waals surface area contributed by atoms with E-state index in [0.717, 1.165) is 35.5 Å². The van der Waals surface area contributed by atoms with Crippen molar-refractivity contribution in [3.05, 3.63) is 54.1 Å². The number of hydrogen-bond acceptors (Lipinski definition) is 5. The standard InChI is InChI=1S/C20H19N3O3S/c24-20(25)23-12-14-9-15(23)11-22(14)10-13-5-7-16(8-6-13)26-19-21-17-3-1-2-4-18(17)27-19/h1-8,14-15H,9-12H2,(H,24,25)/t14-,15-/m0/s1. The highest BCUT2D eigenvalue weighted by Crippen LogP contribution is 2.33. The van der Waals surface area contributed by atoms with Crippen molar-refractivity contribution in [3.63, 3.8) is 0 Å². The number of benzene rings is 2. The second-order valence-corrected chi connectivity index (χ2v) is 8.09. The number of aromatic nitrogens is 1. The summed E-state index contributed by atoms with van der Waals surface area (Å²) >= 11 is 1.54. The molecule has 0 unspecified atom stereocenters. The summed E-state index contributed by atoms with van der Waals surface area (Å²) in [4.78, 5) is 19.6.